The summed E-state index contributed by atoms with van der Waals surface area (Å²) in [7, 11) is 0. The van der Waals surface area contributed by atoms with Crippen molar-refractivity contribution < 1.29 is 4.39 Å². The molecule has 0 unspecified atom stereocenters. The number of hydrogen-bond acceptors (Lipinski definition) is 4. The van der Waals surface area contributed by atoms with Gasteiger partial charge in [-0.3, -0.25) is 4.57 Å². The van der Waals surface area contributed by atoms with Crippen molar-refractivity contribution in [1.29, 1.82) is 0 Å². The molecule has 0 spiro atoms. The van der Waals surface area contributed by atoms with Gasteiger partial charge < -0.3 is 11.1 Å². The zero-order valence-electron chi connectivity index (χ0n) is 11.6. The predicted octanol–water partition coefficient (Wildman–Crippen LogP) is 1.45. The highest BCUT2D eigenvalue weighted by atomic mass is 19.1. The molecule has 1 saturated carbocycles. The summed E-state index contributed by atoms with van der Waals surface area (Å²) in [6, 6.07) is 6.24. The van der Waals surface area contributed by atoms with E-state index in [1.165, 1.54) is 35.7 Å². The highest BCUT2D eigenvalue weighted by Gasteiger charge is 2.20. The van der Waals surface area contributed by atoms with E-state index in [0.29, 0.717) is 17.8 Å². The van der Waals surface area contributed by atoms with Crippen LogP contribution in [0.2, 0.25) is 0 Å². The number of nitrogens with one attached hydrogen (secondary N) is 1. The van der Waals surface area contributed by atoms with Gasteiger partial charge in [-0.15, -0.1) is 0 Å². The fourth-order valence-corrected chi connectivity index (χ4v) is 2.18. The SMILES string of the molecule is Nc1ccn(-c2ccc(CNCC3CC3)c(F)c2)c(=O)n1. The molecule has 0 bridgehead atoms. The number of hydrogen-bond donors (Lipinski definition) is 2. The summed E-state index contributed by atoms with van der Waals surface area (Å²) in [4.78, 5) is 15.4. The van der Waals surface area contributed by atoms with Gasteiger partial charge in [-0.25, -0.2) is 9.18 Å². The van der Waals surface area contributed by atoms with Gasteiger partial charge in [0.05, 0.1) is 5.69 Å². The first-order valence-corrected chi connectivity index (χ1v) is 6.98. The Morgan fingerprint density at radius 2 is 2.19 bits per heavy atom. The normalized spacial score (nSPS) is 14.3. The minimum Gasteiger partial charge on any atom is -0.383 e. The summed E-state index contributed by atoms with van der Waals surface area (Å²) < 4.78 is 15.4. The van der Waals surface area contributed by atoms with Crippen LogP contribution in [0.5, 0.6) is 0 Å². The number of benzene rings is 1. The van der Waals surface area contributed by atoms with Crippen molar-refractivity contribution in [1.82, 2.24) is 14.9 Å². The van der Waals surface area contributed by atoms with Crippen LogP contribution >= 0.6 is 0 Å². The molecule has 0 atom stereocenters. The molecule has 1 aliphatic carbocycles. The zero-order chi connectivity index (χ0) is 14.8. The number of aromatic nitrogens is 2. The van der Waals surface area contributed by atoms with E-state index in [2.05, 4.69) is 10.3 Å². The van der Waals surface area contributed by atoms with E-state index >= 15 is 0 Å². The van der Waals surface area contributed by atoms with Gasteiger partial charge in [0.15, 0.2) is 0 Å². The van der Waals surface area contributed by atoms with E-state index in [-0.39, 0.29) is 11.6 Å². The van der Waals surface area contributed by atoms with Gasteiger partial charge in [0.25, 0.3) is 0 Å². The number of rotatable bonds is 5. The van der Waals surface area contributed by atoms with Gasteiger partial charge in [0, 0.05) is 18.3 Å². The van der Waals surface area contributed by atoms with Crippen LogP contribution in [-0.4, -0.2) is 16.1 Å². The monoisotopic (exact) mass is 288 g/mol. The van der Waals surface area contributed by atoms with Gasteiger partial charge in [-0.2, -0.15) is 4.98 Å². The van der Waals surface area contributed by atoms with E-state index in [0.717, 1.165) is 12.5 Å². The number of nitrogens with two attached hydrogens (primary N) is 1. The Morgan fingerprint density at radius 3 is 2.86 bits per heavy atom. The predicted molar refractivity (Wildman–Crippen MR) is 78.6 cm³/mol. The first-order valence-electron chi connectivity index (χ1n) is 6.98. The largest absolute Gasteiger partial charge is 0.383 e. The number of nitrogens with zero attached hydrogens (tertiary/aromatic N) is 2. The third-order valence-electron chi connectivity index (χ3n) is 3.59. The Bertz CT molecular complexity index is 709. The second kappa shape index (κ2) is 5.65. The van der Waals surface area contributed by atoms with E-state index in [1.807, 2.05) is 0 Å². The Kier molecular flexibility index (Phi) is 3.70. The zero-order valence-corrected chi connectivity index (χ0v) is 11.6. The van der Waals surface area contributed by atoms with Gasteiger partial charge in [-0.05, 0) is 43.5 Å². The molecule has 0 aliphatic heterocycles. The molecule has 1 aromatic heterocycles. The van der Waals surface area contributed by atoms with Gasteiger partial charge >= 0.3 is 5.69 Å². The summed E-state index contributed by atoms with van der Waals surface area (Å²) in [6.45, 7) is 1.43. The molecule has 3 N–H and O–H groups in total. The lowest BCUT2D eigenvalue weighted by Gasteiger charge is -2.09. The van der Waals surface area contributed by atoms with Crippen LogP contribution in [-0.2, 0) is 6.54 Å². The van der Waals surface area contributed by atoms with Crippen molar-refractivity contribution in [2.24, 2.45) is 5.92 Å². The third-order valence-corrected chi connectivity index (χ3v) is 3.59. The Labute approximate surface area is 121 Å². The van der Waals surface area contributed by atoms with Crippen LogP contribution in [0, 0.1) is 11.7 Å². The summed E-state index contributed by atoms with van der Waals surface area (Å²) in [6.07, 6.45) is 4.02. The first-order chi connectivity index (χ1) is 10.1. The lowest BCUT2D eigenvalue weighted by atomic mass is 10.2. The molecule has 0 amide bonds. The topological polar surface area (TPSA) is 72.9 Å². The van der Waals surface area contributed by atoms with Crippen molar-refractivity contribution in [3.8, 4) is 5.69 Å². The molecule has 21 heavy (non-hydrogen) atoms. The second-order valence-corrected chi connectivity index (χ2v) is 5.35. The highest BCUT2D eigenvalue weighted by molar-refractivity contribution is 5.37. The van der Waals surface area contributed by atoms with E-state index in [9.17, 15) is 9.18 Å². The summed E-state index contributed by atoms with van der Waals surface area (Å²) >= 11 is 0. The van der Waals surface area contributed by atoms with Crippen molar-refractivity contribution >= 4 is 5.82 Å². The van der Waals surface area contributed by atoms with Gasteiger partial charge in [0.2, 0.25) is 0 Å². The molecule has 2 aromatic rings. The van der Waals surface area contributed by atoms with Crippen LogP contribution in [0.25, 0.3) is 5.69 Å². The van der Waals surface area contributed by atoms with Crippen LogP contribution in [0.4, 0.5) is 10.2 Å². The fourth-order valence-electron chi connectivity index (χ4n) is 2.18. The molecule has 110 valence electrons. The smallest absolute Gasteiger partial charge is 0.354 e. The Hall–Kier alpha value is -2.21. The van der Waals surface area contributed by atoms with Crippen LogP contribution in [0.1, 0.15) is 18.4 Å². The standard InChI is InChI=1S/C15H17FN4O/c16-13-7-12(20-6-5-14(17)19-15(20)21)4-3-11(13)9-18-8-10-1-2-10/h3-7,10,18H,1-2,8-9H2,(H2,17,19,21). The molecule has 1 heterocycles. The summed E-state index contributed by atoms with van der Waals surface area (Å²) in [5.74, 6) is 0.573. The fraction of sp³-hybridized carbons (Fsp3) is 0.333. The Morgan fingerprint density at radius 1 is 1.38 bits per heavy atom. The van der Waals surface area contributed by atoms with E-state index in [1.54, 1.807) is 12.1 Å². The third kappa shape index (κ3) is 3.28. The molecular weight excluding hydrogens is 271 g/mol. The van der Waals surface area contributed by atoms with Crippen LogP contribution in [0.3, 0.4) is 0 Å². The van der Waals surface area contributed by atoms with Crippen molar-refractivity contribution in [3.05, 3.63) is 52.3 Å². The maximum absolute atomic E-state index is 14.1. The highest BCUT2D eigenvalue weighted by Crippen LogP contribution is 2.27. The quantitative estimate of drug-likeness (QED) is 0.873. The van der Waals surface area contributed by atoms with E-state index < -0.39 is 5.69 Å². The van der Waals surface area contributed by atoms with Crippen molar-refractivity contribution in [2.45, 2.75) is 19.4 Å². The first kappa shape index (κ1) is 13.8. The van der Waals surface area contributed by atoms with Gasteiger partial charge in [-0.1, -0.05) is 6.07 Å². The number of halogens is 1. The second-order valence-electron chi connectivity index (χ2n) is 5.35. The molecule has 1 aromatic carbocycles. The molecule has 0 saturated heterocycles. The molecule has 5 nitrogen and oxygen atoms in total. The van der Waals surface area contributed by atoms with Crippen molar-refractivity contribution in [3.63, 3.8) is 0 Å². The maximum atomic E-state index is 14.1. The minimum absolute atomic E-state index is 0.151. The summed E-state index contributed by atoms with van der Waals surface area (Å²) in [5, 5.41) is 3.25. The number of anilines is 1. The van der Waals surface area contributed by atoms with E-state index in [4.69, 9.17) is 5.73 Å². The lowest BCUT2D eigenvalue weighted by molar-refractivity contribution is 0.576. The average molecular weight is 288 g/mol. The molecule has 0 radical (unpaired) electrons. The molecule has 3 rings (SSSR count). The molecule has 1 aliphatic rings. The molecule has 1 fully saturated rings. The molecular formula is C15H17FN4O. The Balaban J connectivity index is 1.77. The molecule has 6 heteroatoms. The average Bonchev–Trinajstić information content (AvgIpc) is 3.25. The lowest BCUT2D eigenvalue weighted by Crippen LogP contribution is -2.22. The summed E-state index contributed by atoms with van der Waals surface area (Å²) in [5.41, 5.74) is 5.95. The van der Waals surface area contributed by atoms with Crippen molar-refractivity contribution in [2.75, 3.05) is 12.3 Å². The van der Waals surface area contributed by atoms with Crippen LogP contribution < -0.4 is 16.7 Å². The minimum atomic E-state index is -0.519. The van der Waals surface area contributed by atoms with Crippen LogP contribution in [0.15, 0.2) is 35.3 Å². The maximum Gasteiger partial charge on any atom is 0.354 e. The number of nitrogen functional groups attached to an aromatic ring is 1. The van der Waals surface area contributed by atoms with Gasteiger partial charge in [0.1, 0.15) is 11.6 Å².